The number of benzene rings is 1. The van der Waals surface area contributed by atoms with Crippen molar-refractivity contribution in [3.63, 3.8) is 0 Å². The number of nitrogens with two attached hydrogens (primary N) is 1. The maximum atomic E-state index is 12.7. The van der Waals surface area contributed by atoms with Crippen LogP contribution in [0.25, 0.3) is 0 Å². The second-order valence-electron chi connectivity index (χ2n) is 7.01. The number of hydrogen-bond acceptors (Lipinski definition) is 4. The topological polar surface area (TPSA) is 101 Å². The van der Waals surface area contributed by atoms with Crippen molar-refractivity contribution in [1.82, 2.24) is 9.80 Å². The summed E-state index contributed by atoms with van der Waals surface area (Å²) in [5, 5.41) is 5.09. The molecule has 0 aliphatic carbocycles. The molecule has 27 heavy (non-hydrogen) atoms. The molecule has 150 valence electrons. The zero-order valence-corrected chi connectivity index (χ0v) is 16.9. The van der Waals surface area contributed by atoms with Crippen molar-refractivity contribution in [2.45, 2.75) is 44.4 Å². The molecule has 0 aromatic heterocycles. The van der Waals surface area contributed by atoms with E-state index in [2.05, 4.69) is 0 Å². The summed E-state index contributed by atoms with van der Waals surface area (Å²) in [5.41, 5.74) is 0.920. The van der Waals surface area contributed by atoms with E-state index in [4.69, 9.17) is 5.14 Å². The zero-order chi connectivity index (χ0) is 20.0. The van der Waals surface area contributed by atoms with Gasteiger partial charge in [0.25, 0.3) is 0 Å². The molecular weight excluding hydrogens is 366 g/mol. The molecule has 2 rings (SSSR count). The molecule has 0 saturated carbocycles. The number of carbonyl (C=O) groups is 2. The standard InChI is InChI=1S/C19H29N3O4S/c1-3-10-21(11-4-2)19(24)16-13-18(23)22(14-16)12-9-15-5-7-17(8-6-15)27(20,25)26/h5-8,16H,3-4,9-14H2,1-2H3,(H2,20,25,26). The highest BCUT2D eigenvalue weighted by atomic mass is 32.2. The Morgan fingerprint density at radius 1 is 1.19 bits per heavy atom. The van der Waals surface area contributed by atoms with Crippen LogP contribution in [0.3, 0.4) is 0 Å². The predicted molar refractivity (Wildman–Crippen MR) is 103 cm³/mol. The fourth-order valence-corrected chi connectivity index (χ4v) is 3.91. The number of nitrogens with zero attached hydrogens (tertiary/aromatic N) is 2. The molecule has 1 aliphatic heterocycles. The van der Waals surface area contributed by atoms with Crippen LogP contribution in [0, 0.1) is 5.92 Å². The lowest BCUT2D eigenvalue weighted by atomic mass is 10.1. The summed E-state index contributed by atoms with van der Waals surface area (Å²) in [6.45, 7) is 6.52. The van der Waals surface area contributed by atoms with Crippen LogP contribution in [-0.4, -0.2) is 56.2 Å². The smallest absolute Gasteiger partial charge is 0.238 e. The Hall–Kier alpha value is -1.93. The summed E-state index contributed by atoms with van der Waals surface area (Å²) in [4.78, 5) is 28.7. The van der Waals surface area contributed by atoms with Gasteiger partial charge in [-0.05, 0) is 37.0 Å². The number of likely N-dealkylation sites (tertiary alicyclic amines) is 1. The van der Waals surface area contributed by atoms with E-state index >= 15 is 0 Å². The number of hydrogen-bond donors (Lipinski definition) is 1. The molecule has 2 N–H and O–H groups in total. The van der Waals surface area contributed by atoms with Crippen LogP contribution in [0.5, 0.6) is 0 Å². The average molecular weight is 396 g/mol. The van der Waals surface area contributed by atoms with Gasteiger partial charge in [0.15, 0.2) is 0 Å². The van der Waals surface area contributed by atoms with Gasteiger partial charge in [0.1, 0.15) is 0 Å². The third-order valence-corrected chi connectivity index (χ3v) is 5.71. The first-order valence-electron chi connectivity index (χ1n) is 9.44. The molecule has 1 fully saturated rings. The van der Waals surface area contributed by atoms with Gasteiger partial charge < -0.3 is 9.80 Å². The van der Waals surface area contributed by atoms with Gasteiger partial charge in [-0.15, -0.1) is 0 Å². The molecule has 1 heterocycles. The summed E-state index contributed by atoms with van der Waals surface area (Å²) in [5.74, 6) is -0.185. The van der Waals surface area contributed by atoms with E-state index in [0.717, 1.165) is 31.5 Å². The number of amides is 2. The molecular formula is C19H29N3O4S. The van der Waals surface area contributed by atoms with Gasteiger partial charge >= 0.3 is 0 Å². The van der Waals surface area contributed by atoms with E-state index < -0.39 is 10.0 Å². The highest BCUT2D eigenvalue weighted by Gasteiger charge is 2.35. The first-order chi connectivity index (χ1) is 12.8. The van der Waals surface area contributed by atoms with E-state index in [1.807, 2.05) is 18.7 Å². The lowest BCUT2D eigenvalue weighted by Crippen LogP contribution is -2.38. The third kappa shape index (κ3) is 5.77. The van der Waals surface area contributed by atoms with Crippen molar-refractivity contribution in [2.24, 2.45) is 11.1 Å². The summed E-state index contributed by atoms with van der Waals surface area (Å²) in [6.07, 6.45) is 2.69. The molecule has 1 aromatic rings. The van der Waals surface area contributed by atoms with Crippen molar-refractivity contribution < 1.29 is 18.0 Å². The fraction of sp³-hybridized carbons (Fsp3) is 0.579. The molecule has 0 radical (unpaired) electrons. The van der Waals surface area contributed by atoms with Gasteiger partial charge in [0, 0.05) is 32.6 Å². The van der Waals surface area contributed by atoms with E-state index in [9.17, 15) is 18.0 Å². The molecule has 1 aliphatic rings. The maximum Gasteiger partial charge on any atom is 0.238 e. The van der Waals surface area contributed by atoms with Crippen molar-refractivity contribution in [2.75, 3.05) is 26.2 Å². The van der Waals surface area contributed by atoms with Crippen LogP contribution in [0.1, 0.15) is 38.7 Å². The Morgan fingerprint density at radius 3 is 2.30 bits per heavy atom. The summed E-state index contributed by atoms with van der Waals surface area (Å²) >= 11 is 0. The Balaban J connectivity index is 1.93. The SMILES string of the molecule is CCCN(CCC)C(=O)C1CC(=O)N(CCc2ccc(S(N)(=O)=O)cc2)C1. The molecule has 1 saturated heterocycles. The predicted octanol–water partition coefficient (Wildman–Crippen LogP) is 1.37. The van der Waals surface area contributed by atoms with Crippen LogP contribution >= 0.6 is 0 Å². The van der Waals surface area contributed by atoms with E-state index in [1.54, 1.807) is 17.0 Å². The monoisotopic (exact) mass is 395 g/mol. The second-order valence-corrected chi connectivity index (χ2v) is 8.57. The highest BCUT2D eigenvalue weighted by molar-refractivity contribution is 7.89. The Kier molecular flexibility index (Phi) is 7.38. The van der Waals surface area contributed by atoms with Gasteiger partial charge in [0.05, 0.1) is 10.8 Å². The Morgan fingerprint density at radius 2 is 1.78 bits per heavy atom. The molecule has 1 atom stereocenters. The minimum Gasteiger partial charge on any atom is -0.342 e. The first-order valence-corrected chi connectivity index (χ1v) is 11.0. The third-order valence-electron chi connectivity index (χ3n) is 4.78. The highest BCUT2D eigenvalue weighted by Crippen LogP contribution is 2.21. The lowest BCUT2D eigenvalue weighted by Gasteiger charge is -2.24. The van der Waals surface area contributed by atoms with Crippen LogP contribution in [-0.2, 0) is 26.0 Å². The molecule has 8 heteroatoms. The molecule has 1 unspecified atom stereocenters. The summed E-state index contributed by atoms with van der Waals surface area (Å²) in [6, 6.07) is 6.34. The number of primary sulfonamides is 1. The molecule has 0 bridgehead atoms. The minimum atomic E-state index is -3.70. The summed E-state index contributed by atoms with van der Waals surface area (Å²) < 4.78 is 22.6. The van der Waals surface area contributed by atoms with Gasteiger partial charge in [-0.25, -0.2) is 13.6 Å². The van der Waals surface area contributed by atoms with Crippen molar-refractivity contribution in [3.8, 4) is 0 Å². The number of rotatable bonds is 9. The van der Waals surface area contributed by atoms with E-state index in [-0.39, 0.29) is 29.0 Å². The van der Waals surface area contributed by atoms with Crippen molar-refractivity contribution >= 4 is 21.8 Å². The maximum absolute atomic E-state index is 12.7. The minimum absolute atomic E-state index is 0.00227. The quantitative estimate of drug-likeness (QED) is 0.682. The van der Waals surface area contributed by atoms with Gasteiger partial charge in [-0.1, -0.05) is 26.0 Å². The van der Waals surface area contributed by atoms with Crippen LogP contribution in [0.4, 0.5) is 0 Å². The number of sulfonamides is 1. The van der Waals surface area contributed by atoms with Crippen LogP contribution < -0.4 is 5.14 Å². The summed E-state index contributed by atoms with van der Waals surface area (Å²) in [7, 11) is -3.70. The van der Waals surface area contributed by atoms with Gasteiger partial charge in [-0.2, -0.15) is 0 Å². The van der Waals surface area contributed by atoms with E-state index in [0.29, 0.717) is 19.5 Å². The normalized spacial score (nSPS) is 17.4. The number of carbonyl (C=O) groups excluding carboxylic acids is 2. The van der Waals surface area contributed by atoms with Gasteiger partial charge in [-0.3, -0.25) is 9.59 Å². The second kappa shape index (κ2) is 9.32. The largest absolute Gasteiger partial charge is 0.342 e. The first kappa shape index (κ1) is 21.4. The molecule has 7 nitrogen and oxygen atoms in total. The van der Waals surface area contributed by atoms with Gasteiger partial charge in [0.2, 0.25) is 21.8 Å². The Bertz CT molecular complexity index is 756. The lowest BCUT2D eigenvalue weighted by molar-refractivity contribution is -0.136. The van der Waals surface area contributed by atoms with Crippen LogP contribution in [0.2, 0.25) is 0 Å². The van der Waals surface area contributed by atoms with Crippen molar-refractivity contribution in [1.29, 1.82) is 0 Å². The zero-order valence-electron chi connectivity index (χ0n) is 16.1. The van der Waals surface area contributed by atoms with E-state index in [1.165, 1.54) is 12.1 Å². The fourth-order valence-electron chi connectivity index (χ4n) is 3.39. The van der Waals surface area contributed by atoms with Crippen LogP contribution in [0.15, 0.2) is 29.2 Å². The Labute approximate surface area is 161 Å². The average Bonchev–Trinajstić information content (AvgIpc) is 2.99. The van der Waals surface area contributed by atoms with Crippen molar-refractivity contribution in [3.05, 3.63) is 29.8 Å². The molecule has 0 spiro atoms. The molecule has 2 amide bonds. The molecule has 1 aromatic carbocycles.